The van der Waals surface area contributed by atoms with Crippen LogP contribution in [0.4, 0.5) is 0 Å². The predicted octanol–water partition coefficient (Wildman–Crippen LogP) is 2.58. The summed E-state index contributed by atoms with van der Waals surface area (Å²) < 4.78 is 1.04. The Morgan fingerprint density at radius 2 is 1.74 bits per heavy atom. The number of benzene rings is 2. The minimum absolute atomic E-state index is 0.833. The van der Waals surface area contributed by atoms with E-state index in [-0.39, 0.29) is 0 Å². The first kappa shape index (κ1) is 15.5. The highest BCUT2D eigenvalue weighted by Gasteiger charge is 2.09. The van der Waals surface area contributed by atoms with Gasteiger partial charge in [0.25, 0.3) is 0 Å². The molecule has 0 unspecified atom stereocenters. The van der Waals surface area contributed by atoms with Crippen LogP contribution < -0.4 is 20.9 Å². The zero-order valence-corrected chi connectivity index (χ0v) is 14.6. The van der Waals surface area contributed by atoms with E-state index < -0.39 is 0 Å². The molecule has 0 atom stereocenters. The van der Waals surface area contributed by atoms with E-state index in [0.717, 1.165) is 47.8 Å². The maximum absolute atomic E-state index is 4.80. The number of hydrogen-bond acceptors (Lipinski definition) is 1. The zero-order valence-electron chi connectivity index (χ0n) is 13.0. The smallest absolute Gasteiger partial charge is 0.138 e. The van der Waals surface area contributed by atoms with E-state index in [1.54, 1.807) is 6.08 Å². The Kier molecular flexibility index (Phi) is 4.05. The lowest BCUT2D eigenvalue weighted by atomic mass is 10.1. The summed E-state index contributed by atoms with van der Waals surface area (Å²) in [6.45, 7) is 14.1. The van der Waals surface area contributed by atoms with E-state index in [1.165, 1.54) is 0 Å². The lowest BCUT2D eigenvalue weighted by molar-refractivity contribution is 1.33. The number of aromatic nitrogens is 2. The van der Waals surface area contributed by atoms with Crippen molar-refractivity contribution in [2.45, 2.75) is 6.92 Å². The van der Waals surface area contributed by atoms with Crippen molar-refractivity contribution in [2.75, 3.05) is 0 Å². The molecule has 1 aromatic heterocycles. The second-order valence-corrected chi connectivity index (χ2v) is 6.21. The van der Waals surface area contributed by atoms with Crippen molar-refractivity contribution in [2.24, 2.45) is 0 Å². The van der Waals surface area contributed by atoms with Crippen molar-refractivity contribution in [3.05, 3.63) is 62.3 Å². The number of fused-ring (bicyclic) bond motifs is 1. The number of nitrogens with zero attached hydrogens (tertiary/aromatic N) is 1. The van der Waals surface area contributed by atoms with Gasteiger partial charge < -0.3 is 4.98 Å². The molecule has 1 N–H and O–H groups in total. The molecule has 3 aromatic rings. The van der Waals surface area contributed by atoms with Gasteiger partial charge in [0.05, 0.1) is 11.0 Å². The highest BCUT2D eigenvalue weighted by atomic mass is 79.9. The Morgan fingerprint density at radius 3 is 2.35 bits per heavy atom. The lowest BCUT2D eigenvalue weighted by Gasteiger charge is -1.96. The summed E-state index contributed by atoms with van der Waals surface area (Å²) in [6, 6.07) is 8.08. The first-order valence-electron chi connectivity index (χ1n) is 7.31. The topological polar surface area (TPSA) is 28.7 Å². The quantitative estimate of drug-likeness (QED) is 0.743. The van der Waals surface area contributed by atoms with Crippen LogP contribution in [0.1, 0.15) is 6.92 Å². The molecule has 0 saturated carbocycles. The number of hydrogen-bond donors (Lipinski definition) is 1. The monoisotopic (exact) mass is 364 g/mol. The fourth-order valence-electron chi connectivity index (χ4n) is 2.74. The minimum Gasteiger partial charge on any atom is -0.337 e. The molecule has 114 valence electrons. The molecule has 23 heavy (non-hydrogen) atoms. The maximum Gasteiger partial charge on any atom is 0.138 e. The fraction of sp³-hybridized carbons (Fsp3) is 0.0500. The van der Waals surface area contributed by atoms with E-state index in [4.69, 9.17) is 4.98 Å². The Morgan fingerprint density at radius 1 is 1.09 bits per heavy atom. The summed E-state index contributed by atoms with van der Waals surface area (Å²) in [5.41, 5.74) is 2.91. The van der Waals surface area contributed by atoms with Crippen molar-refractivity contribution in [1.29, 1.82) is 0 Å². The number of H-pyrrole nitrogens is 1. The zero-order chi connectivity index (χ0) is 16.6. The van der Waals surface area contributed by atoms with Crippen LogP contribution in [0.25, 0.3) is 47.7 Å². The first-order chi connectivity index (χ1) is 11.1. The molecule has 3 rings (SSSR count). The molecule has 3 heteroatoms. The van der Waals surface area contributed by atoms with Crippen molar-refractivity contribution in [3.8, 4) is 11.4 Å². The van der Waals surface area contributed by atoms with Gasteiger partial charge in [-0.05, 0) is 29.5 Å². The number of nitrogens with one attached hydrogen (secondary N) is 1. The Hall–Kier alpha value is -2.39. The molecule has 0 saturated heterocycles. The average molecular weight is 365 g/mol. The van der Waals surface area contributed by atoms with Crippen molar-refractivity contribution in [3.63, 3.8) is 0 Å². The van der Waals surface area contributed by atoms with Gasteiger partial charge in [-0.1, -0.05) is 66.0 Å². The molecule has 2 aromatic carbocycles. The van der Waals surface area contributed by atoms with Crippen LogP contribution in [0.15, 0.2) is 41.4 Å². The second kappa shape index (κ2) is 6.01. The van der Waals surface area contributed by atoms with Gasteiger partial charge in [-0.25, -0.2) is 4.98 Å². The Balaban J connectivity index is 2.48. The number of rotatable bonds is 2. The van der Waals surface area contributed by atoms with Gasteiger partial charge in [0, 0.05) is 20.5 Å². The molecular weight excluding hydrogens is 348 g/mol. The maximum atomic E-state index is 4.80. The summed E-state index contributed by atoms with van der Waals surface area (Å²) in [7, 11) is 0. The van der Waals surface area contributed by atoms with Gasteiger partial charge in [-0.2, -0.15) is 0 Å². The predicted molar refractivity (Wildman–Crippen MR) is 104 cm³/mol. The SMILES string of the molecule is C=C/C=c1\c(=C)c(=C)/c(=C\C)c2[nH]c(-c3ccc(Br)cc3)nc12. The molecule has 0 amide bonds. The fourth-order valence-corrected chi connectivity index (χ4v) is 3.01. The van der Waals surface area contributed by atoms with Crippen LogP contribution in [0.5, 0.6) is 0 Å². The Labute approximate surface area is 143 Å². The third-order valence-corrected chi connectivity index (χ3v) is 4.46. The molecule has 2 nitrogen and oxygen atoms in total. The molecule has 0 aliphatic heterocycles. The van der Waals surface area contributed by atoms with Crippen LogP contribution in [0.3, 0.4) is 0 Å². The lowest BCUT2D eigenvalue weighted by Crippen LogP contribution is -2.47. The highest BCUT2D eigenvalue weighted by molar-refractivity contribution is 9.10. The van der Waals surface area contributed by atoms with Crippen molar-refractivity contribution >= 4 is 52.3 Å². The van der Waals surface area contributed by atoms with E-state index in [0.29, 0.717) is 0 Å². The van der Waals surface area contributed by atoms with Crippen molar-refractivity contribution < 1.29 is 0 Å². The second-order valence-electron chi connectivity index (χ2n) is 5.29. The number of halogens is 1. The van der Waals surface area contributed by atoms with Crippen LogP contribution >= 0.6 is 15.9 Å². The standard InChI is InChI=1S/C20H17BrN2/c1-5-7-17-13(4)12(3)16(6-2)18-19(17)23-20(22-18)14-8-10-15(21)11-9-14/h5-11H,1,3-4H2,2H3,(H,22,23)/b16-6+,17-7+. The molecule has 1 heterocycles. The van der Waals surface area contributed by atoms with Gasteiger partial charge in [0.1, 0.15) is 5.82 Å². The van der Waals surface area contributed by atoms with E-state index >= 15 is 0 Å². The molecule has 0 bridgehead atoms. The third kappa shape index (κ3) is 2.57. The normalized spacial score (nSPS) is 13.0. The summed E-state index contributed by atoms with van der Waals surface area (Å²) in [5, 5.41) is 3.81. The molecule has 0 aliphatic rings. The third-order valence-electron chi connectivity index (χ3n) is 3.93. The van der Waals surface area contributed by atoms with Gasteiger partial charge in [0.2, 0.25) is 0 Å². The summed E-state index contributed by atoms with van der Waals surface area (Å²) in [5.74, 6) is 0.833. The van der Waals surface area contributed by atoms with E-state index in [1.807, 2.05) is 43.3 Å². The minimum atomic E-state index is 0.833. The summed E-state index contributed by atoms with van der Waals surface area (Å²) in [4.78, 5) is 8.24. The molecule has 0 aliphatic carbocycles. The Bertz CT molecular complexity index is 1120. The highest BCUT2D eigenvalue weighted by Crippen LogP contribution is 2.19. The average Bonchev–Trinajstić information content (AvgIpc) is 2.97. The summed E-state index contributed by atoms with van der Waals surface area (Å²) >= 11 is 3.46. The number of imidazole rings is 1. The first-order valence-corrected chi connectivity index (χ1v) is 8.10. The van der Waals surface area contributed by atoms with Crippen LogP contribution in [-0.2, 0) is 0 Å². The van der Waals surface area contributed by atoms with E-state index in [9.17, 15) is 0 Å². The number of aromatic amines is 1. The van der Waals surface area contributed by atoms with Crippen LogP contribution in [-0.4, -0.2) is 9.97 Å². The largest absolute Gasteiger partial charge is 0.337 e. The van der Waals surface area contributed by atoms with Gasteiger partial charge in [-0.15, -0.1) is 0 Å². The van der Waals surface area contributed by atoms with Gasteiger partial charge in [-0.3, -0.25) is 0 Å². The molecular formula is C20H17BrN2. The van der Waals surface area contributed by atoms with Crippen LogP contribution in [0, 0.1) is 0 Å². The van der Waals surface area contributed by atoms with Crippen LogP contribution in [0.2, 0.25) is 0 Å². The van der Waals surface area contributed by atoms with E-state index in [2.05, 4.69) is 40.7 Å². The summed E-state index contributed by atoms with van der Waals surface area (Å²) in [6.07, 6.45) is 5.73. The van der Waals surface area contributed by atoms with Gasteiger partial charge >= 0.3 is 0 Å². The molecule has 0 fully saturated rings. The van der Waals surface area contributed by atoms with Gasteiger partial charge in [0.15, 0.2) is 0 Å². The molecule has 0 spiro atoms. The van der Waals surface area contributed by atoms with Crippen molar-refractivity contribution in [1.82, 2.24) is 9.97 Å². The molecule has 0 radical (unpaired) electrons. The number of allylic oxidation sites excluding steroid dienone is 1.